The van der Waals surface area contributed by atoms with Gasteiger partial charge in [-0.2, -0.15) is 0 Å². The van der Waals surface area contributed by atoms with Crippen LogP contribution in [0.4, 0.5) is 10.5 Å². The second-order valence-corrected chi connectivity index (χ2v) is 9.36. The Morgan fingerprint density at radius 2 is 2.06 bits per heavy atom. The number of carbonyl (C=O) groups is 2. The van der Waals surface area contributed by atoms with E-state index in [1.165, 1.54) is 13.3 Å². The van der Waals surface area contributed by atoms with Gasteiger partial charge in [-0.05, 0) is 48.6 Å². The summed E-state index contributed by atoms with van der Waals surface area (Å²) in [5.74, 6) is 0.831. The average Bonchev–Trinajstić information content (AvgIpc) is 3.20. The molecule has 32 heavy (non-hydrogen) atoms. The van der Waals surface area contributed by atoms with E-state index in [4.69, 9.17) is 16.3 Å². The SMILES string of the molecule is [C-]#[N+][C@]1(c2ccc(-c3ccc4c(c3)C[C@H]3[C@H](CNC(C)=O)OC(=O)N43)cn2)[C@@H]2CCC[C@@H]21. The number of carbonyl (C=O) groups excluding carboxylic acids is 2. The van der Waals surface area contributed by atoms with Crippen LogP contribution in [0.2, 0.25) is 0 Å². The van der Waals surface area contributed by atoms with Crippen LogP contribution in [0.5, 0.6) is 0 Å². The van der Waals surface area contributed by atoms with E-state index in [1.54, 1.807) is 4.90 Å². The van der Waals surface area contributed by atoms with Crippen LogP contribution in [-0.2, 0) is 21.5 Å². The molecule has 2 aromatic rings. The molecule has 3 fully saturated rings. The van der Waals surface area contributed by atoms with Gasteiger partial charge in [-0.15, -0.1) is 0 Å². The van der Waals surface area contributed by atoms with Crippen molar-refractivity contribution in [1.82, 2.24) is 10.3 Å². The molecule has 2 saturated carbocycles. The Hall–Kier alpha value is -3.40. The third-order valence-corrected chi connectivity index (χ3v) is 7.76. The molecular weight excluding hydrogens is 404 g/mol. The van der Waals surface area contributed by atoms with Crippen LogP contribution in [0, 0.1) is 18.4 Å². The van der Waals surface area contributed by atoms with Crippen LogP contribution in [-0.4, -0.2) is 35.7 Å². The van der Waals surface area contributed by atoms with Crippen molar-refractivity contribution in [2.75, 3.05) is 11.4 Å². The maximum Gasteiger partial charge on any atom is 0.415 e. The zero-order valence-corrected chi connectivity index (χ0v) is 17.9. The first kappa shape index (κ1) is 19.3. The van der Waals surface area contributed by atoms with Crippen molar-refractivity contribution >= 4 is 17.7 Å². The minimum absolute atomic E-state index is 0.104. The number of rotatable bonds is 4. The van der Waals surface area contributed by atoms with E-state index in [9.17, 15) is 9.59 Å². The van der Waals surface area contributed by atoms with Crippen LogP contribution in [0.3, 0.4) is 0 Å². The van der Waals surface area contributed by atoms with Crippen molar-refractivity contribution in [3.8, 4) is 11.1 Å². The molecule has 1 aromatic carbocycles. The summed E-state index contributed by atoms with van der Waals surface area (Å²) in [7, 11) is 0. The molecule has 7 nitrogen and oxygen atoms in total. The van der Waals surface area contributed by atoms with Gasteiger partial charge in [0.25, 0.3) is 5.54 Å². The highest BCUT2D eigenvalue weighted by Gasteiger charge is 2.75. The lowest BCUT2D eigenvalue weighted by Gasteiger charge is -2.16. The number of aromatic nitrogens is 1. The first-order valence-electron chi connectivity index (χ1n) is 11.3. The molecule has 5 atom stereocenters. The number of nitrogens with one attached hydrogen (secondary N) is 1. The molecule has 1 saturated heterocycles. The fraction of sp³-hybridized carbons (Fsp3) is 0.440. The average molecular weight is 428 g/mol. The molecular formula is C25H24N4O3. The number of fused-ring (bicyclic) bond motifs is 4. The van der Waals surface area contributed by atoms with E-state index >= 15 is 0 Å². The summed E-state index contributed by atoms with van der Waals surface area (Å²) in [4.78, 5) is 34.2. The predicted octanol–water partition coefficient (Wildman–Crippen LogP) is 3.68. The summed E-state index contributed by atoms with van der Waals surface area (Å²) in [6.07, 6.45) is 5.37. The molecule has 0 bridgehead atoms. The molecule has 6 rings (SSSR count). The predicted molar refractivity (Wildman–Crippen MR) is 118 cm³/mol. The van der Waals surface area contributed by atoms with Gasteiger partial charge in [0.1, 0.15) is 11.8 Å². The number of amides is 2. The second-order valence-electron chi connectivity index (χ2n) is 9.36. The molecule has 2 amide bonds. The van der Waals surface area contributed by atoms with Crippen LogP contribution in [0.1, 0.15) is 37.4 Å². The molecule has 1 aromatic heterocycles. The standard InChI is InChI=1S/C25H24N4O3/c1-14(30)27-13-22-21-11-17-10-15(6-8-20(17)29(21)24(31)32-22)16-7-9-23(28-12-16)25(26-2)18-4-3-5-19(18)25/h6-10,12,18-19,21-22H,3-5,11,13H2,1H3,(H,27,30)/t18-,19+,21-,22-,25-/m0/s1. The van der Waals surface area contributed by atoms with Gasteiger partial charge in [0.05, 0.1) is 30.1 Å². The lowest BCUT2D eigenvalue weighted by molar-refractivity contribution is -0.119. The van der Waals surface area contributed by atoms with Crippen molar-refractivity contribution in [3.05, 3.63) is 59.2 Å². The van der Waals surface area contributed by atoms with E-state index in [0.29, 0.717) is 24.8 Å². The molecule has 1 N–H and O–H groups in total. The zero-order chi connectivity index (χ0) is 22.0. The first-order valence-corrected chi connectivity index (χ1v) is 11.3. The summed E-state index contributed by atoms with van der Waals surface area (Å²) in [6.45, 7) is 9.55. The summed E-state index contributed by atoms with van der Waals surface area (Å²) < 4.78 is 5.48. The third-order valence-electron chi connectivity index (χ3n) is 7.76. The molecule has 2 aliphatic heterocycles. The highest BCUT2D eigenvalue weighted by atomic mass is 16.6. The molecule has 7 heteroatoms. The zero-order valence-electron chi connectivity index (χ0n) is 17.9. The smallest absolute Gasteiger partial charge is 0.415 e. The van der Waals surface area contributed by atoms with E-state index in [2.05, 4.69) is 22.3 Å². The van der Waals surface area contributed by atoms with Gasteiger partial charge in [0.2, 0.25) is 5.91 Å². The first-order chi connectivity index (χ1) is 15.5. The Labute approximate surface area is 186 Å². The Balaban J connectivity index is 1.24. The fourth-order valence-corrected chi connectivity index (χ4v) is 6.20. The number of nitrogens with zero attached hydrogens (tertiary/aromatic N) is 3. The highest BCUT2D eigenvalue weighted by molar-refractivity contribution is 5.94. The molecule has 0 unspecified atom stereocenters. The van der Waals surface area contributed by atoms with Crippen molar-refractivity contribution in [2.24, 2.45) is 11.8 Å². The Morgan fingerprint density at radius 1 is 1.28 bits per heavy atom. The summed E-state index contributed by atoms with van der Waals surface area (Å²) in [5, 5.41) is 2.75. The van der Waals surface area contributed by atoms with Crippen molar-refractivity contribution in [3.63, 3.8) is 0 Å². The number of hydrogen-bond donors (Lipinski definition) is 1. The maximum absolute atomic E-state index is 12.4. The molecule has 2 aliphatic carbocycles. The molecule has 3 heterocycles. The number of hydrogen-bond acceptors (Lipinski definition) is 4. The van der Waals surface area contributed by atoms with Crippen LogP contribution < -0.4 is 10.2 Å². The summed E-state index contributed by atoms with van der Waals surface area (Å²) >= 11 is 0. The number of cyclic esters (lactones) is 1. The lowest BCUT2D eigenvalue weighted by atomic mass is 9.98. The van der Waals surface area contributed by atoms with Gasteiger partial charge < -0.3 is 14.9 Å². The van der Waals surface area contributed by atoms with E-state index in [0.717, 1.165) is 40.9 Å². The van der Waals surface area contributed by atoms with Gasteiger partial charge in [0.15, 0.2) is 0 Å². The van der Waals surface area contributed by atoms with E-state index < -0.39 is 0 Å². The molecule has 4 aliphatic rings. The largest absolute Gasteiger partial charge is 0.442 e. The summed E-state index contributed by atoms with van der Waals surface area (Å²) in [5.41, 5.74) is 4.54. The number of anilines is 1. The molecule has 0 spiro atoms. The number of pyridine rings is 1. The minimum Gasteiger partial charge on any atom is -0.442 e. The van der Waals surface area contributed by atoms with E-state index in [1.807, 2.05) is 24.4 Å². The van der Waals surface area contributed by atoms with Crippen molar-refractivity contribution < 1.29 is 14.3 Å². The Bertz CT molecular complexity index is 1160. The monoisotopic (exact) mass is 428 g/mol. The summed E-state index contributed by atoms with van der Waals surface area (Å²) in [6, 6.07) is 10.1. The number of ether oxygens (including phenoxy) is 1. The Morgan fingerprint density at radius 3 is 2.75 bits per heavy atom. The van der Waals surface area contributed by atoms with Gasteiger partial charge in [-0.3, -0.25) is 14.7 Å². The highest BCUT2D eigenvalue weighted by Crippen LogP contribution is 2.68. The molecule has 162 valence electrons. The van der Waals surface area contributed by atoms with E-state index in [-0.39, 0.29) is 29.7 Å². The van der Waals surface area contributed by atoms with Crippen LogP contribution >= 0.6 is 0 Å². The topological polar surface area (TPSA) is 75.9 Å². The third kappa shape index (κ3) is 2.62. The van der Waals surface area contributed by atoms with Crippen molar-refractivity contribution in [2.45, 2.75) is 50.3 Å². The van der Waals surface area contributed by atoms with Crippen LogP contribution in [0.25, 0.3) is 16.0 Å². The molecule has 0 radical (unpaired) electrons. The van der Waals surface area contributed by atoms with Crippen molar-refractivity contribution in [1.29, 1.82) is 0 Å². The van der Waals surface area contributed by atoms with Gasteiger partial charge in [-0.1, -0.05) is 18.6 Å². The number of benzene rings is 1. The second kappa shape index (κ2) is 6.80. The lowest BCUT2D eigenvalue weighted by Crippen LogP contribution is -2.40. The quantitative estimate of drug-likeness (QED) is 0.754. The Kier molecular flexibility index (Phi) is 4.10. The minimum atomic E-state index is -0.386. The van der Waals surface area contributed by atoms with Gasteiger partial charge >= 0.3 is 6.09 Å². The normalized spacial score (nSPS) is 31.4. The van der Waals surface area contributed by atoms with Gasteiger partial charge in [0, 0.05) is 18.7 Å². The van der Waals surface area contributed by atoms with Gasteiger partial charge in [-0.25, -0.2) is 11.4 Å². The van der Waals surface area contributed by atoms with Crippen LogP contribution in [0.15, 0.2) is 36.5 Å². The fourth-order valence-electron chi connectivity index (χ4n) is 6.20. The maximum atomic E-state index is 12.4.